The number of benzene rings is 1. The molecule has 0 aliphatic carbocycles. The van der Waals surface area contributed by atoms with Crippen LogP contribution in [-0.2, 0) is 0 Å². The van der Waals surface area contributed by atoms with Crippen LogP contribution in [0.3, 0.4) is 0 Å². The average molecular weight is 185 g/mol. The number of phenolic OH excluding ortho intramolecular Hbond substituents is 1. The van der Waals surface area contributed by atoms with Crippen molar-refractivity contribution in [2.45, 2.75) is 13.8 Å². The lowest BCUT2D eigenvalue weighted by molar-refractivity contribution is 0.421. The van der Waals surface area contributed by atoms with E-state index in [2.05, 4.69) is 11.7 Å². The summed E-state index contributed by atoms with van der Waals surface area (Å²) in [7, 11) is 0. The lowest BCUT2D eigenvalue weighted by Crippen LogP contribution is -1.93. The van der Waals surface area contributed by atoms with E-state index in [-0.39, 0.29) is 16.8 Å². The number of hydrogen-bond donors (Lipinski definition) is 1. The van der Waals surface area contributed by atoms with Gasteiger partial charge in [-0.05, 0) is 20.6 Å². The van der Waals surface area contributed by atoms with Gasteiger partial charge in [0.2, 0.25) is 0 Å². The van der Waals surface area contributed by atoms with E-state index in [0.29, 0.717) is 0 Å². The summed E-state index contributed by atoms with van der Waals surface area (Å²) in [6.45, 7) is 5.76. The summed E-state index contributed by atoms with van der Waals surface area (Å²) in [6.07, 6.45) is 0. The molecule has 1 aromatic carbocycles. The fourth-order valence-electron chi connectivity index (χ4n) is 1.08. The largest absolute Gasteiger partial charge is 0.505 e. The third-order valence-corrected chi connectivity index (χ3v) is 1.94. The number of nitrogens with zero attached hydrogens (tertiary/aromatic N) is 1. The molecule has 0 unspecified atom stereocenters. The molecule has 0 radical (unpaired) electrons. The Hall–Kier alpha value is -1.45. The Balaban J connectivity index is 3.66. The minimum Gasteiger partial charge on any atom is -0.505 e. The van der Waals surface area contributed by atoms with Gasteiger partial charge in [0.15, 0.2) is 17.4 Å². The molecule has 70 valence electrons. The van der Waals surface area contributed by atoms with Gasteiger partial charge >= 0.3 is 0 Å². The zero-order valence-corrected chi connectivity index (χ0v) is 7.36. The van der Waals surface area contributed by atoms with Crippen molar-refractivity contribution < 1.29 is 13.9 Å². The van der Waals surface area contributed by atoms with E-state index in [9.17, 15) is 13.9 Å². The first-order valence-electron chi connectivity index (χ1n) is 3.64. The van der Waals surface area contributed by atoms with Gasteiger partial charge in [0.1, 0.15) is 5.69 Å². The van der Waals surface area contributed by atoms with E-state index in [1.165, 1.54) is 13.8 Å². The van der Waals surface area contributed by atoms with Crippen LogP contribution < -0.4 is 0 Å². The molecule has 13 heavy (non-hydrogen) atoms. The Morgan fingerprint density at radius 1 is 1.15 bits per heavy atom. The zero-order valence-electron chi connectivity index (χ0n) is 7.36. The Labute approximate surface area is 74.5 Å². The standard InChI is InChI=1S/C9H9F2NO/c1-4-6(10)8(12-3)5(2)9(13)7(4)11/h13H,3H2,1-2H3. The molecule has 4 heteroatoms. The number of rotatable bonds is 1. The summed E-state index contributed by atoms with van der Waals surface area (Å²) >= 11 is 0. The molecule has 0 atom stereocenters. The van der Waals surface area contributed by atoms with Crippen molar-refractivity contribution in [3.8, 4) is 5.75 Å². The van der Waals surface area contributed by atoms with E-state index in [0.717, 1.165) is 0 Å². The minimum atomic E-state index is -0.942. The second-order valence-electron chi connectivity index (χ2n) is 2.73. The highest BCUT2D eigenvalue weighted by Gasteiger charge is 2.18. The third kappa shape index (κ3) is 1.28. The van der Waals surface area contributed by atoms with Gasteiger partial charge in [-0.2, -0.15) is 0 Å². The highest BCUT2D eigenvalue weighted by Crippen LogP contribution is 2.34. The van der Waals surface area contributed by atoms with Gasteiger partial charge in [-0.25, -0.2) is 8.78 Å². The van der Waals surface area contributed by atoms with Crippen molar-refractivity contribution >= 4 is 12.4 Å². The summed E-state index contributed by atoms with van der Waals surface area (Å²) in [5.41, 5.74) is -0.280. The molecule has 2 nitrogen and oxygen atoms in total. The summed E-state index contributed by atoms with van der Waals surface area (Å²) < 4.78 is 26.2. The van der Waals surface area contributed by atoms with Gasteiger partial charge in [-0.1, -0.05) is 0 Å². The van der Waals surface area contributed by atoms with Gasteiger partial charge in [0.05, 0.1) is 0 Å². The van der Waals surface area contributed by atoms with E-state index < -0.39 is 17.4 Å². The van der Waals surface area contributed by atoms with Crippen molar-refractivity contribution in [3.63, 3.8) is 0 Å². The van der Waals surface area contributed by atoms with Crippen LogP contribution in [0.25, 0.3) is 0 Å². The normalized spacial score (nSPS) is 10.2. The number of aromatic hydroxyl groups is 1. The highest BCUT2D eigenvalue weighted by molar-refractivity contribution is 5.59. The van der Waals surface area contributed by atoms with Gasteiger partial charge in [-0.3, -0.25) is 4.99 Å². The molecule has 0 heterocycles. The van der Waals surface area contributed by atoms with Gasteiger partial charge in [-0.15, -0.1) is 0 Å². The van der Waals surface area contributed by atoms with Crippen LogP contribution in [0.15, 0.2) is 4.99 Å². The van der Waals surface area contributed by atoms with Crippen LogP contribution in [0.4, 0.5) is 14.5 Å². The maximum Gasteiger partial charge on any atom is 0.171 e. The fraction of sp³-hybridized carbons (Fsp3) is 0.222. The summed E-state index contributed by atoms with van der Waals surface area (Å²) in [5, 5.41) is 9.19. The molecule has 0 aromatic heterocycles. The topological polar surface area (TPSA) is 32.6 Å². The average Bonchev–Trinajstić information content (AvgIpc) is 2.13. The molecule has 0 aliphatic heterocycles. The van der Waals surface area contributed by atoms with Gasteiger partial charge in [0.25, 0.3) is 0 Å². The monoisotopic (exact) mass is 185 g/mol. The van der Waals surface area contributed by atoms with Crippen LogP contribution in [0, 0.1) is 25.5 Å². The molecule has 1 aromatic rings. The maximum atomic E-state index is 13.2. The Bertz CT molecular complexity index is 345. The predicted octanol–water partition coefficient (Wildman–Crippen LogP) is 2.62. The lowest BCUT2D eigenvalue weighted by Gasteiger charge is -2.08. The van der Waals surface area contributed by atoms with Crippen molar-refractivity contribution in [1.82, 2.24) is 0 Å². The number of phenols is 1. The number of halogens is 2. The maximum absolute atomic E-state index is 13.2. The van der Waals surface area contributed by atoms with Crippen LogP contribution in [0.5, 0.6) is 5.75 Å². The Kier molecular flexibility index (Phi) is 2.32. The first-order valence-corrected chi connectivity index (χ1v) is 3.64. The van der Waals surface area contributed by atoms with Crippen LogP contribution in [0.1, 0.15) is 11.1 Å². The summed E-state index contributed by atoms with van der Waals surface area (Å²) in [5.74, 6) is -2.29. The van der Waals surface area contributed by atoms with Crippen LogP contribution in [-0.4, -0.2) is 11.8 Å². The first kappa shape index (κ1) is 9.64. The molecular weight excluding hydrogens is 176 g/mol. The molecular formula is C9H9F2NO. The van der Waals surface area contributed by atoms with Gasteiger partial charge in [0, 0.05) is 11.1 Å². The van der Waals surface area contributed by atoms with Crippen molar-refractivity contribution in [3.05, 3.63) is 22.8 Å². The number of hydrogen-bond acceptors (Lipinski definition) is 2. The molecule has 1 rings (SSSR count). The molecule has 0 amide bonds. The fourth-order valence-corrected chi connectivity index (χ4v) is 1.08. The molecule has 0 bridgehead atoms. The van der Waals surface area contributed by atoms with Crippen molar-refractivity contribution in [2.24, 2.45) is 4.99 Å². The van der Waals surface area contributed by atoms with Crippen molar-refractivity contribution in [1.29, 1.82) is 0 Å². The van der Waals surface area contributed by atoms with E-state index in [1.54, 1.807) is 0 Å². The molecule has 0 spiro atoms. The lowest BCUT2D eigenvalue weighted by atomic mass is 10.1. The first-order chi connectivity index (χ1) is 6.00. The quantitative estimate of drug-likeness (QED) is 0.670. The second kappa shape index (κ2) is 3.12. The molecule has 0 fully saturated rings. The summed E-state index contributed by atoms with van der Waals surface area (Å²) in [6, 6.07) is 0. The zero-order chi connectivity index (χ0) is 10.2. The van der Waals surface area contributed by atoms with E-state index >= 15 is 0 Å². The molecule has 0 aliphatic rings. The van der Waals surface area contributed by atoms with Crippen LogP contribution in [0.2, 0.25) is 0 Å². The van der Waals surface area contributed by atoms with Crippen LogP contribution >= 0.6 is 0 Å². The SMILES string of the molecule is C=Nc1c(C)c(O)c(F)c(C)c1F. The highest BCUT2D eigenvalue weighted by atomic mass is 19.1. The van der Waals surface area contributed by atoms with Crippen molar-refractivity contribution in [2.75, 3.05) is 0 Å². The number of aliphatic imine (C=N–C) groups is 1. The molecule has 0 saturated heterocycles. The Morgan fingerprint density at radius 2 is 1.69 bits per heavy atom. The minimum absolute atomic E-state index is 0.0654. The molecule has 1 N–H and O–H groups in total. The molecule has 0 saturated carbocycles. The van der Waals surface area contributed by atoms with E-state index in [1.807, 2.05) is 0 Å². The van der Waals surface area contributed by atoms with Gasteiger partial charge < -0.3 is 5.11 Å². The second-order valence-corrected chi connectivity index (χ2v) is 2.73. The third-order valence-electron chi connectivity index (χ3n) is 1.94. The summed E-state index contributed by atoms with van der Waals surface area (Å²) in [4.78, 5) is 3.38. The Morgan fingerprint density at radius 3 is 2.15 bits per heavy atom. The smallest absolute Gasteiger partial charge is 0.171 e. The van der Waals surface area contributed by atoms with E-state index in [4.69, 9.17) is 0 Å². The predicted molar refractivity (Wildman–Crippen MR) is 46.7 cm³/mol.